The topological polar surface area (TPSA) is 28.7 Å². The molecule has 2 rings (SSSR count). The number of hydrogen-bond acceptors (Lipinski definition) is 4. The maximum absolute atomic E-state index is 5.31. The van der Waals surface area contributed by atoms with Gasteiger partial charge in [-0.15, -0.1) is 11.8 Å². The molecule has 19 heavy (non-hydrogen) atoms. The molecule has 2 heterocycles. The molecule has 0 amide bonds. The van der Waals surface area contributed by atoms with Gasteiger partial charge in [0.25, 0.3) is 0 Å². The highest BCUT2D eigenvalue weighted by molar-refractivity contribution is 8.07. The van der Waals surface area contributed by atoms with Crippen molar-refractivity contribution in [3.63, 3.8) is 0 Å². The van der Waals surface area contributed by atoms with E-state index in [4.69, 9.17) is 12.2 Å². The molecule has 1 aliphatic heterocycles. The Bertz CT molecular complexity index is 484. The molecular formula is C14H22N2S3. The van der Waals surface area contributed by atoms with E-state index in [1.807, 2.05) is 29.6 Å². The summed E-state index contributed by atoms with van der Waals surface area (Å²) in [6.45, 7) is 9.07. The summed E-state index contributed by atoms with van der Waals surface area (Å²) in [6.07, 6.45) is 1.04. The summed E-state index contributed by atoms with van der Waals surface area (Å²) in [5, 5.41) is 1.84. The molecule has 1 saturated heterocycles. The van der Waals surface area contributed by atoms with E-state index in [1.165, 1.54) is 5.69 Å². The molecule has 0 bridgehead atoms. The van der Waals surface area contributed by atoms with Gasteiger partial charge in [-0.2, -0.15) is 11.8 Å². The van der Waals surface area contributed by atoms with Crippen LogP contribution in [0.2, 0.25) is 0 Å². The number of H-pyrrole nitrogens is 1. The van der Waals surface area contributed by atoms with Gasteiger partial charge in [0, 0.05) is 21.9 Å². The zero-order valence-electron chi connectivity index (χ0n) is 12.0. The average molecular weight is 315 g/mol. The summed E-state index contributed by atoms with van der Waals surface area (Å²) in [5.74, 6) is 2.83. The Morgan fingerprint density at radius 2 is 2.16 bits per heavy atom. The van der Waals surface area contributed by atoms with Crippen LogP contribution < -0.4 is 0 Å². The van der Waals surface area contributed by atoms with Gasteiger partial charge in [0.15, 0.2) is 0 Å². The van der Waals surface area contributed by atoms with Crippen LogP contribution in [0, 0.1) is 10.6 Å². The molecule has 0 radical (unpaired) electrons. The van der Waals surface area contributed by atoms with Gasteiger partial charge in [-0.1, -0.05) is 39.9 Å². The van der Waals surface area contributed by atoms with Gasteiger partial charge in [-0.3, -0.25) is 0 Å². The van der Waals surface area contributed by atoms with Crippen LogP contribution in [-0.2, 0) is 6.42 Å². The Labute approximate surface area is 129 Å². The van der Waals surface area contributed by atoms with Crippen molar-refractivity contribution in [1.29, 1.82) is 0 Å². The van der Waals surface area contributed by atoms with Crippen molar-refractivity contribution < 1.29 is 0 Å². The van der Waals surface area contributed by atoms with Gasteiger partial charge < -0.3 is 4.98 Å². The molecule has 0 spiro atoms. The first-order chi connectivity index (χ1) is 8.95. The van der Waals surface area contributed by atoms with Gasteiger partial charge in [0.2, 0.25) is 0 Å². The van der Waals surface area contributed by atoms with Crippen LogP contribution in [0.5, 0.6) is 0 Å². The van der Waals surface area contributed by atoms with Crippen molar-refractivity contribution >= 4 is 35.7 Å². The van der Waals surface area contributed by atoms with Crippen molar-refractivity contribution in [3.8, 4) is 0 Å². The van der Waals surface area contributed by atoms with Crippen LogP contribution in [0.25, 0.3) is 0 Å². The number of nitrogens with zero attached hydrogens (tertiary/aromatic N) is 1. The first kappa shape index (κ1) is 15.4. The average Bonchev–Trinajstić information content (AvgIpc) is 2.31. The third kappa shape index (κ3) is 4.23. The van der Waals surface area contributed by atoms with E-state index < -0.39 is 0 Å². The lowest BCUT2D eigenvalue weighted by Crippen LogP contribution is -2.23. The van der Waals surface area contributed by atoms with E-state index in [0.717, 1.165) is 27.9 Å². The normalized spacial score (nSPS) is 27.7. The third-order valence-electron chi connectivity index (χ3n) is 3.30. The fraction of sp³-hybridized carbons (Fsp3) is 0.714. The van der Waals surface area contributed by atoms with Gasteiger partial charge in [0.1, 0.15) is 10.5 Å². The van der Waals surface area contributed by atoms with Gasteiger partial charge in [-0.05, 0) is 18.4 Å². The van der Waals surface area contributed by atoms with Gasteiger partial charge in [0.05, 0.1) is 5.25 Å². The molecule has 0 saturated carbocycles. The van der Waals surface area contributed by atoms with E-state index in [1.54, 1.807) is 0 Å². The summed E-state index contributed by atoms with van der Waals surface area (Å²) in [6, 6.07) is 2.01. The second-order valence-electron chi connectivity index (χ2n) is 5.60. The molecule has 2 nitrogen and oxygen atoms in total. The second kappa shape index (κ2) is 6.64. The number of hydrogen-bond donors (Lipinski definition) is 1. The molecule has 1 aromatic heterocycles. The highest BCUT2D eigenvalue weighted by Gasteiger charge is 2.28. The lowest BCUT2D eigenvalue weighted by Gasteiger charge is -2.30. The molecule has 1 fully saturated rings. The first-order valence-electron chi connectivity index (χ1n) is 6.83. The minimum absolute atomic E-state index is 0.449. The van der Waals surface area contributed by atoms with Crippen molar-refractivity contribution in [2.24, 2.45) is 5.92 Å². The van der Waals surface area contributed by atoms with E-state index in [2.05, 4.69) is 37.7 Å². The zero-order chi connectivity index (χ0) is 14.0. The smallest absolute Gasteiger partial charge is 0.130 e. The molecule has 3 unspecified atom stereocenters. The van der Waals surface area contributed by atoms with Crippen LogP contribution in [0.15, 0.2) is 6.07 Å². The minimum atomic E-state index is 0.449. The highest BCUT2D eigenvalue weighted by Crippen LogP contribution is 2.43. The summed E-state index contributed by atoms with van der Waals surface area (Å²) in [5.41, 5.74) is 1.22. The summed E-state index contributed by atoms with van der Waals surface area (Å²) in [7, 11) is 0. The molecule has 5 heteroatoms. The number of aromatic amines is 1. The minimum Gasteiger partial charge on any atom is -0.346 e. The number of rotatable bonds is 3. The van der Waals surface area contributed by atoms with Gasteiger partial charge in [-0.25, -0.2) is 4.98 Å². The molecule has 1 aromatic rings. The highest BCUT2D eigenvalue weighted by atomic mass is 32.2. The Balaban J connectivity index is 2.20. The largest absolute Gasteiger partial charge is 0.346 e. The zero-order valence-corrected chi connectivity index (χ0v) is 14.4. The summed E-state index contributed by atoms with van der Waals surface area (Å²) < 4.78 is 0.723. The SMILES string of the molecule is CC(C)Cc1cc(=S)nc(C2CSC(C)C(C)S2)[nH]1. The summed E-state index contributed by atoms with van der Waals surface area (Å²) in [4.78, 5) is 8.06. The standard InChI is InChI=1S/C14H22N2S3/c1-8(2)5-11-6-13(17)16-14(15-11)12-7-18-9(3)10(4)19-12/h6,8-10,12H,5,7H2,1-4H3,(H,15,16,17). The van der Waals surface area contributed by atoms with E-state index in [0.29, 0.717) is 16.4 Å². The predicted octanol–water partition coefficient (Wildman–Crippen LogP) is 4.64. The molecule has 1 N–H and O–H groups in total. The Kier molecular flexibility index (Phi) is 5.37. The lowest BCUT2D eigenvalue weighted by molar-refractivity contribution is 0.629. The Morgan fingerprint density at radius 1 is 1.42 bits per heavy atom. The van der Waals surface area contributed by atoms with E-state index in [-0.39, 0.29) is 0 Å². The van der Waals surface area contributed by atoms with Crippen molar-refractivity contribution in [2.45, 2.75) is 49.9 Å². The fourth-order valence-corrected chi connectivity index (χ4v) is 5.26. The summed E-state index contributed by atoms with van der Waals surface area (Å²) >= 11 is 9.38. The van der Waals surface area contributed by atoms with Crippen LogP contribution in [0.3, 0.4) is 0 Å². The molecule has 0 aromatic carbocycles. The van der Waals surface area contributed by atoms with E-state index in [9.17, 15) is 0 Å². The quantitative estimate of drug-likeness (QED) is 0.823. The van der Waals surface area contributed by atoms with Gasteiger partial charge >= 0.3 is 0 Å². The van der Waals surface area contributed by atoms with Crippen LogP contribution in [0.4, 0.5) is 0 Å². The molecule has 106 valence electrons. The maximum atomic E-state index is 5.31. The monoisotopic (exact) mass is 314 g/mol. The lowest BCUT2D eigenvalue weighted by atomic mass is 10.1. The second-order valence-corrected chi connectivity index (χ2v) is 9.01. The molecular weight excluding hydrogens is 292 g/mol. The van der Waals surface area contributed by atoms with Crippen molar-refractivity contribution in [1.82, 2.24) is 9.97 Å². The molecule has 0 aliphatic carbocycles. The Morgan fingerprint density at radius 3 is 2.79 bits per heavy atom. The van der Waals surface area contributed by atoms with Crippen LogP contribution >= 0.6 is 35.7 Å². The predicted molar refractivity (Wildman–Crippen MR) is 89.7 cm³/mol. The van der Waals surface area contributed by atoms with Crippen LogP contribution in [0.1, 0.15) is 44.5 Å². The van der Waals surface area contributed by atoms with Crippen molar-refractivity contribution in [3.05, 3.63) is 22.2 Å². The number of aromatic nitrogens is 2. The van der Waals surface area contributed by atoms with Crippen LogP contribution in [-0.4, -0.2) is 26.2 Å². The first-order valence-corrected chi connectivity index (χ1v) is 9.23. The molecule has 1 aliphatic rings. The molecule has 3 atom stereocenters. The maximum Gasteiger partial charge on any atom is 0.130 e. The van der Waals surface area contributed by atoms with Crippen molar-refractivity contribution in [2.75, 3.05) is 5.75 Å². The number of nitrogens with one attached hydrogen (secondary N) is 1. The van der Waals surface area contributed by atoms with E-state index >= 15 is 0 Å². The fourth-order valence-electron chi connectivity index (χ4n) is 2.16. The third-order valence-corrected chi connectivity index (χ3v) is 6.91. The Hall–Kier alpha value is -0.0000000000000000555. The number of thioether (sulfide) groups is 2.